The Balaban J connectivity index is 2.14. The first-order valence-corrected chi connectivity index (χ1v) is 5.14. The molecule has 0 bridgehead atoms. The van der Waals surface area contributed by atoms with Crippen LogP contribution in [0, 0.1) is 6.92 Å². The van der Waals surface area contributed by atoms with Gasteiger partial charge in [-0.2, -0.15) is 0 Å². The molecule has 7 heteroatoms. The Kier molecular flexibility index (Phi) is 2.46. The van der Waals surface area contributed by atoms with Crippen molar-refractivity contribution in [2.45, 2.75) is 13.5 Å². The molecule has 2 rings (SSSR count). The molecular weight excluding hydrogens is 214 g/mol. The van der Waals surface area contributed by atoms with E-state index in [0.717, 1.165) is 10.7 Å². The molecule has 0 radical (unpaired) electrons. The standard InChI is InChI=1S/C8H9N5OS/c1-5-4-15-7(10-5)3-13-2-6(8(9)14)11-12-13/h2,4H,3H2,1H3,(H2,9,14). The van der Waals surface area contributed by atoms with Crippen molar-refractivity contribution >= 4 is 17.2 Å². The molecule has 1 amide bonds. The van der Waals surface area contributed by atoms with E-state index in [1.54, 1.807) is 16.0 Å². The molecular formula is C8H9N5OS. The molecule has 0 saturated carbocycles. The zero-order valence-electron chi connectivity index (χ0n) is 8.04. The van der Waals surface area contributed by atoms with Crippen molar-refractivity contribution in [1.29, 1.82) is 0 Å². The van der Waals surface area contributed by atoms with Gasteiger partial charge in [-0.25, -0.2) is 9.67 Å². The Bertz CT molecular complexity index is 489. The minimum atomic E-state index is -0.573. The topological polar surface area (TPSA) is 86.7 Å². The zero-order chi connectivity index (χ0) is 10.8. The third kappa shape index (κ3) is 2.18. The van der Waals surface area contributed by atoms with Crippen LogP contribution in [0.4, 0.5) is 0 Å². The number of primary amides is 1. The van der Waals surface area contributed by atoms with Gasteiger partial charge in [-0.1, -0.05) is 5.21 Å². The second-order valence-electron chi connectivity index (χ2n) is 3.05. The maximum Gasteiger partial charge on any atom is 0.270 e. The van der Waals surface area contributed by atoms with E-state index >= 15 is 0 Å². The van der Waals surface area contributed by atoms with Crippen LogP contribution in [-0.4, -0.2) is 25.9 Å². The molecule has 78 valence electrons. The molecule has 2 aromatic heterocycles. The first kappa shape index (κ1) is 9.78. The van der Waals surface area contributed by atoms with Gasteiger partial charge in [0.2, 0.25) is 0 Å². The average molecular weight is 223 g/mol. The van der Waals surface area contributed by atoms with Crippen molar-refractivity contribution in [3.8, 4) is 0 Å². The fourth-order valence-electron chi connectivity index (χ4n) is 1.10. The number of aromatic nitrogens is 4. The number of carbonyl (C=O) groups excluding carboxylic acids is 1. The van der Waals surface area contributed by atoms with Gasteiger partial charge in [0, 0.05) is 11.1 Å². The van der Waals surface area contributed by atoms with Gasteiger partial charge in [0.15, 0.2) is 5.69 Å². The lowest BCUT2D eigenvalue weighted by atomic mass is 10.5. The summed E-state index contributed by atoms with van der Waals surface area (Å²) in [6.07, 6.45) is 1.51. The van der Waals surface area contributed by atoms with E-state index in [1.165, 1.54) is 6.20 Å². The fraction of sp³-hybridized carbons (Fsp3) is 0.250. The predicted octanol–water partition coefficient (Wildman–Crippen LogP) is 0.190. The van der Waals surface area contributed by atoms with Crippen molar-refractivity contribution < 1.29 is 4.79 Å². The van der Waals surface area contributed by atoms with E-state index in [2.05, 4.69) is 15.3 Å². The summed E-state index contributed by atoms with van der Waals surface area (Å²) in [6, 6.07) is 0. The van der Waals surface area contributed by atoms with E-state index in [1.807, 2.05) is 12.3 Å². The molecule has 0 aliphatic carbocycles. The Morgan fingerprint density at radius 1 is 1.67 bits per heavy atom. The van der Waals surface area contributed by atoms with Gasteiger partial charge in [0.1, 0.15) is 5.01 Å². The first-order chi connectivity index (χ1) is 7.15. The number of nitrogens with zero attached hydrogens (tertiary/aromatic N) is 4. The number of carbonyl (C=O) groups is 1. The van der Waals surface area contributed by atoms with Crippen molar-refractivity contribution in [1.82, 2.24) is 20.0 Å². The SMILES string of the molecule is Cc1csc(Cn2cc(C(N)=O)nn2)n1. The van der Waals surface area contributed by atoms with Gasteiger partial charge in [0.25, 0.3) is 5.91 Å². The van der Waals surface area contributed by atoms with Crippen LogP contribution >= 0.6 is 11.3 Å². The molecule has 2 heterocycles. The minimum Gasteiger partial charge on any atom is -0.364 e. The highest BCUT2D eigenvalue weighted by Gasteiger charge is 2.07. The molecule has 0 spiro atoms. The lowest BCUT2D eigenvalue weighted by Gasteiger charge is -1.93. The Morgan fingerprint density at radius 3 is 3.00 bits per heavy atom. The summed E-state index contributed by atoms with van der Waals surface area (Å²) in [5, 5.41) is 10.3. The second kappa shape index (κ2) is 3.77. The highest BCUT2D eigenvalue weighted by Crippen LogP contribution is 2.09. The van der Waals surface area contributed by atoms with Gasteiger partial charge in [-0.15, -0.1) is 16.4 Å². The van der Waals surface area contributed by atoms with E-state index in [4.69, 9.17) is 5.73 Å². The smallest absolute Gasteiger partial charge is 0.270 e. The Hall–Kier alpha value is -1.76. The van der Waals surface area contributed by atoms with Gasteiger partial charge < -0.3 is 5.73 Å². The third-order valence-electron chi connectivity index (χ3n) is 1.75. The molecule has 2 aromatic rings. The quantitative estimate of drug-likeness (QED) is 0.804. The van der Waals surface area contributed by atoms with Crippen LogP contribution in [0.2, 0.25) is 0 Å². The van der Waals surface area contributed by atoms with Crippen LogP contribution < -0.4 is 5.73 Å². The summed E-state index contributed by atoms with van der Waals surface area (Å²) in [6.45, 7) is 2.44. The minimum absolute atomic E-state index is 0.170. The number of hydrogen-bond acceptors (Lipinski definition) is 5. The molecule has 0 aliphatic heterocycles. The molecule has 0 saturated heterocycles. The fourth-order valence-corrected chi connectivity index (χ4v) is 1.87. The normalized spacial score (nSPS) is 10.5. The van der Waals surface area contributed by atoms with Crippen LogP contribution in [0.1, 0.15) is 21.2 Å². The molecule has 0 atom stereocenters. The number of amides is 1. The van der Waals surface area contributed by atoms with E-state index in [9.17, 15) is 4.79 Å². The Labute approximate surface area is 89.7 Å². The van der Waals surface area contributed by atoms with Crippen LogP contribution in [0.3, 0.4) is 0 Å². The lowest BCUT2D eigenvalue weighted by Crippen LogP contribution is -2.11. The maximum atomic E-state index is 10.8. The number of thiazole rings is 1. The second-order valence-corrected chi connectivity index (χ2v) is 3.99. The highest BCUT2D eigenvalue weighted by atomic mass is 32.1. The van der Waals surface area contributed by atoms with Crippen molar-refractivity contribution in [2.75, 3.05) is 0 Å². The largest absolute Gasteiger partial charge is 0.364 e. The van der Waals surface area contributed by atoms with Crippen LogP contribution in [0.5, 0.6) is 0 Å². The van der Waals surface area contributed by atoms with Crippen molar-refractivity contribution in [3.63, 3.8) is 0 Å². The van der Waals surface area contributed by atoms with E-state index < -0.39 is 5.91 Å². The Morgan fingerprint density at radius 2 is 2.47 bits per heavy atom. The summed E-state index contributed by atoms with van der Waals surface area (Å²) < 4.78 is 1.54. The van der Waals surface area contributed by atoms with Gasteiger partial charge >= 0.3 is 0 Å². The van der Waals surface area contributed by atoms with Crippen LogP contribution in [0.15, 0.2) is 11.6 Å². The highest BCUT2D eigenvalue weighted by molar-refractivity contribution is 7.09. The average Bonchev–Trinajstić information content (AvgIpc) is 2.76. The van der Waals surface area contributed by atoms with Crippen LogP contribution in [-0.2, 0) is 6.54 Å². The summed E-state index contributed by atoms with van der Waals surface area (Å²) in [5.74, 6) is -0.573. The maximum absolute atomic E-state index is 10.8. The van der Waals surface area contributed by atoms with Gasteiger partial charge in [-0.3, -0.25) is 4.79 Å². The summed E-state index contributed by atoms with van der Waals surface area (Å²) >= 11 is 1.55. The lowest BCUT2D eigenvalue weighted by molar-refractivity contribution is 0.0995. The van der Waals surface area contributed by atoms with E-state index in [0.29, 0.717) is 6.54 Å². The molecule has 15 heavy (non-hydrogen) atoms. The van der Waals surface area contributed by atoms with Crippen molar-refractivity contribution in [3.05, 3.63) is 28.0 Å². The zero-order valence-corrected chi connectivity index (χ0v) is 8.86. The number of hydrogen-bond donors (Lipinski definition) is 1. The molecule has 0 aromatic carbocycles. The number of nitrogens with two attached hydrogens (primary N) is 1. The number of aryl methyl sites for hydroxylation is 1. The molecule has 0 unspecified atom stereocenters. The van der Waals surface area contributed by atoms with Crippen molar-refractivity contribution in [2.24, 2.45) is 5.73 Å². The summed E-state index contributed by atoms with van der Waals surface area (Å²) in [4.78, 5) is 15.0. The van der Waals surface area contributed by atoms with Gasteiger partial charge in [-0.05, 0) is 6.92 Å². The number of rotatable bonds is 3. The molecule has 6 nitrogen and oxygen atoms in total. The van der Waals surface area contributed by atoms with Crippen LogP contribution in [0.25, 0.3) is 0 Å². The molecule has 0 aliphatic rings. The summed E-state index contributed by atoms with van der Waals surface area (Å²) in [7, 11) is 0. The predicted molar refractivity (Wildman–Crippen MR) is 54.5 cm³/mol. The third-order valence-corrected chi connectivity index (χ3v) is 2.71. The molecule has 0 fully saturated rings. The van der Waals surface area contributed by atoms with E-state index in [-0.39, 0.29) is 5.69 Å². The van der Waals surface area contributed by atoms with Gasteiger partial charge in [0.05, 0.1) is 12.7 Å². The summed E-state index contributed by atoms with van der Waals surface area (Å²) in [5.41, 5.74) is 6.20. The monoisotopic (exact) mass is 223 g/mol. The first-order valence-electron chi connectivity index (χ1n) is 4.26. The molecule has 2 N–H and O–H groups in total.